The first-order valence-corrected chi connectivity index (χ1v) is 4.51. The average molecular weight is 188 g/mol. The molecule has 0 saturated carbocycles. The number of nitrogens with zero attached hydrogens (tertiary/aromatic N) is 2. The number of fused-ring (bicyclic) bond motifs is 1. The Kier molecular flexibility index (Phi) is 2.41. The van der Waals surface area contributed by atoms with Gasteiger partial charge >= 0.3 is 0 Å². The topological polar surface area (TPSA) is 34.0 Å². The molecule has 1 unspecified atom stereocenters. The molecule has 0 aliphatic carbocycles. The van der Waals surface area contributed by atoms with Crippen LogP contribution in [0, 0.1) is 0 Å². The molecular weight excluding hydrogens is 176 g/mol. The molecule has 3 nitrogen and oxygen atoms in total. The normalized spacial score (nSPS) is 19.9. The number of hydrogen-bond acceptors (Lipinski definition) is 3. The summed E-state index contributed by atoms with van der Waals surface area (Å²) in [6.07, 6.45) is 1.56. The van der Waals surface area contributed by atoms with Crippen LogP contribution in [-0.4, -0.2) is 25.3 Å². The smallest absolute Gasteiger partial charge is 0.186 e. The van der Waals surface area contributed by atoms with Gasteiger partial charge in [-0.2, -0.15) is 0 Å². The zero-order valence-corrected chi connectivity index (χ0v) is 8.27. The SMILES string of the molecule is COC1N=Cc2ccccc2N=C1C. The second-order valence-corrected chi connectivity index (χ2v) is 3.18. The summed E-state index contributed by atoms with van der Waals surface area (Å²) in [5.74, 6) is 0. The van der Waals surface area contributed by atoms with Crippen LogP contribution in [0.1, 0.15) is 12.5 Å². The lowest BCUT2D eigenvalue weighted by Crippen LogP contribution is -2.16. The van der Waals surface area contributed by atoms with Crippen LogP contribution in [0.5, 0.6) is 0 Å². The highest BCUT2D eigenvalue weighted by Crippen LogP contribution is 2.20. The molecule has 1 heterocycles. The third-order valence-corrected chi connectivity index (χ3v) is 2.16. The van der Waals surface area contributed by atoms with Crippen molar-refractivity contribution in [2.75, 3.05) is 7.11 Å². The van der Waals surface area contributed by atoms with Gasteiger partial charge in [-0.25, -0.2) is 0 Å². The lowest BCUT2D eigenvalue weighted by molar-refractivity contribution is 0.163. The van der Waals surface area contributed by atoms with Crippen molar-refractivity contribution in [3.63, 3.8) is 0 Å². The highest BCUT2D eigenvalue weighted by molar-refractivity contribution is 5.97. The van der Waals surface area contributed by atoms with E-state index in [1.165, 1.54) is 0 Å². The number of rotatable bonds is 1. The Hall–Kier alpha value is -1.48. The summed E-state index contributed by atoms with van der Waals surface area (Å²) in [5, 5.41) is 0. The van der Waals surface area contributed by atoms with E-state index in [1.807, 2.05) is 37.4 Å². The largest absolute Gasteiger partial charge is 0.354 e. The Balaban J connectivity index is 2.49. The summed E-state index contributed by atoms with van der Waals surface area (Å²) in [7, 11) is 1.64. The van der Waals surface area contributed by atoms with Gasteiger partial charge in [0.15, 0.2) is 6.23 Å². The van der Waals surface area contributed by atoms with Crippen molar-refractivity contribution in [3.05, 3.63) is 29.8 Å². The quantitative estimate of drug-likeness (QED) is 0.665. The fourth-order valence-electron chi connectivity index (χ4n) is 1.43. The van der Waals surface area contributed by atoms with Crippen molar-refractivity contribution < 1.29 is 4.74 Å². The van der Waals surface area contributed by atoms with Crippen LogP contribution < -0.4 is 0 Å². The van der Waals surface area contributed by atoms with Gasteiger partial charge in [0.2, 0.25) is 0 Å². The van der Waals surface area contributed by atoms with Crippen LogP contribution in [0.4, 0.5) is 5.69 Å². The minimum absolute atomic E-state index is 0.248. The van der Waals surface area contributed by atoms with E-state index in [2.05, 4.69) is 9.98 Å². The molecular formula is C11H12N2O. The summed E-state index contributed by atoms with van der Waals surface area (Å²) in [5.41, 5.74) is 2.87. The molecule has 0 aromatic heterocycles. The lowest BCUT2D eigenvalue weighted by atomic mass is 10.2. The highest BCUT2D eigenvalue weighted by Gasteiger charge is 2.12. The van der Waals surface area contributed by atoms with E-state index in [-0.39, 0.29) is 6.23 Å². The summed E-state index contributed by atoms with van der Waals surface area (Å²) in [6, 6.07) is 7.91. The minimum atomic E-state index is -0.248. The van der Waals surface area contributed by atoms with Gasteiger partial charge in [0.05, 0.1) is 11.4 Å². The molecule has 2 rings (SSSR count). The average Bonchev–Trinajstić information content (AvgIpc) is 2.36. The van der Waals surface area contributed by atoms with Crippen molar-refractivity contribution in [1.29, 1.82) is 0 Å². The summed E-state index contributed by atoms with van der Waals surface area (Å²) in [4.78, 5) is 8.74. The van der Waals surface area contributed by atoms with Crippen LogP contribution in [0.25, 0.3) is 0 Å². The van der Waals surface area contributed by atoms with Gasteiger partial charge in [-0.1, -0.05) is 18.2 Å². The molecule has 1 aromatic rings. The predicted octanol–water partition coefficient (Wildman–Crippen LogP) is 2.18. The molecule has 3 heteroatoms. The number of methoxy groups -OCH3 is 1. The first-order valence-electron chi connectivity index (χ1n) is 4.51. The Morgan fingerprint density at radius 1 is 1.29 bits per heavy atom. The molecule has 1 atom stereocenters. The van der Waals surface area contributed by atoms with Gasteiger partial charge in [0.1, 0.15) is 0 Å². The van der Waals surface area contributed by atoms with E-state index in [1.54, 1.807) is 7.11 Å². The zero-order chi connectivity index (χ0) is 9.97. The number of aliphatic imine (C=N–C) groups is 2. The van der Waals surface area contributed by atoms with Gasteiger partial charge < -0.3 is 4.74 Å². The standard InChI is InChI=1S/C11H12N2O/c1-8-11(14-2)12-7-9-5-3-4-6-10(9)13-8/h3-7,11H,1-2H3. The minimum Gasteiger partial charge on any atom is -0.354 e. The molecule has 0 amide bonds. The Labute approximate surface area is 83.2 Å². The summed E-state index contributed by atoms with van der Waals surface area (Å²) >= 11 is 0. The van der Waals surface area contributed by atoms with Crippen LogP contribution in [0.15, 0.2) is 34.3 Å². The molecule has 1 aliphatic heterocycles. The fourth-order valence-corrected chi connectivity index (χ4v) is 1.43. The second-order valence-electron chi connectivity index (χ2n) is 3.18. The van der Waals surface area contributed by atoms with Crippen LogP contribution in [-0.2, 0) is 4.74 Å². The molecule has 0 radical (unpaired) electrons. The van der Waals surface area contributed by atoms with E-state index < -0.39 is 0 Å². The second kappa shape index (κ2) is 3.72. The van der Waals surface area contributed by atoms with E-state index in [4.69, 9.17) is 4.74 Å². The molecule has 0 saturated heterocycles. The molecule has 0 N–H and O–H groups in total. The van der Waals surface area contributed by atoms with E-state index >= 15 is 0 Å². The van der Waals surface area contributed by atoms with E-state index in [0.29, 0.717) is 0 Å². The Morgan fingerprint density at radius 3 is 2.86 bits per heavy atom. The Morgan fingerprint density at radius 2 is 2.07 bits per heavy atom. The summed E-state index contributed by atoms with van der Waals surface area (Å²) in [6.45, 7) is 1.92. The van der Waals surface area contributed by atoms with Gasteiger partial charge in [0, 0.05) is 18.9 Å². The van der Waals surface area contributed by atoms with Gasteiger partial charge in [-0.15, -0.1) is 0 Å². The van der Waals surface area contributed by atoms with Crippen LogP contribution in [0.2, 0.25) is 0 Å². The maximum atomic E-state index is 5.19. The van der Waals surface area contributed by atoms with Gasteiger partial charge in [0.25, 0.3) is 0 Å². The van der Waals surface area contributed by atoms with Crippen LogP contribution >= 0.6 is 0 Å². The summed E-state index contributed by atoms with van der Waals surface area (Å²) < 4.78 is 5.19. The maximum Gasteiger partial charge on any atom is 0.186 e. The number of benzene rings is 1. The number of hydrogen-bond donors (Lipinski definition) is 0. The molecule has 0 fully saturated rings. The molecule has 1 aromatic carbocycles. The molecule has 1 aliphatic rings. The molecule has 14 heavy (non-hydrogen) atoms. The molecule has 0 spiro atoms. The molecule has 0 bridgehead atoms. The number of para-hydroxylation sites is 1. The molecule has 72 valence electrons. The van der Waals surface area contributed by atoms with Crippen molar-refractivity contribution in [2.24, 2.45) is 9.98 Å². The zero-order valence-electron chi connectivity index (χ0n) is 8.27. The van der Waals surface area contributed by atoms with Crippen molar-refractivity contribution >= 4 is 17.6 Å². The first kappa shape index (κ1) is 9.09. The van der Waals surface area contributed by atoms with Crippen molar-refractivity contribution in [2.45, 2.75) is 13.2 Å². The lowest BCUT2D eigenvalue weighted by Gasteiger charge is -2.07. The Bertz CT molecular complexity index is 396. The van der Waals surface area contributed by atoms with Crippen LogP contribution in [0.3, 0.4) is 0 Å². The fraction of sp³-hybridized carbons (Fsp3) is 0.273. The number of ether oxygens (including phenoxy) is 1. The third-order valence-electron chi connectivity index (χ3n) is 2.16. The van der Waals surface area contributed by atoms with Crippen molar-refractivity contribution in [3.8, 4) is 0 Å². The van der Waals surface area contributed by atoms with Crippen molar-refractivity contribution in [1.82, 2.24) is 0 Å². The van der Waals surface area contributed by atoms with Gasteiger partial charge in [-0.05, 0) is 13.0 Å². The third kappa shape index (κ3) is 1.59. The maximum absolute atomic E-state index is 5.19. The monoisotopic (exact) mass is 188 g/mol. The predicted molar refractivity (Wildman–Crippen MR) is 57.6 cm³/mol. The first-order chi connectivity index (χ1) is 6.81. The van der Waals surface area contributed by atoms with E-state index in [9.17, 15) is 0 Å². The highest BCUT2D eigenvalue weighted by atomic mass is 16.5. The van der Waals surface area contributed by atoms with E-state index in [0.717, 1.165) is 17.0 Å². The van der Waals surface area contributed by atoms with Gasteiger partial charge in [-0.3, -0.25) is 9.98 Å².